The molecule has 1 saturated heterocycles. The second-order valence-corrected chi connectivity index (χ2v) is 6.35. The molecule has 5 nitrogen and oxygen atoms in total. The summed E-state index contributed by atoms with van der Waals surface area (Å²) in [7, 11) is 0. The molecule has 0 aromatic carbocycles. The van der Waals surface area contributed by atoms with E-state index < -0.39 is 11.4 Å². The minimum absolute atomic E-state index is 0.0763. The molecule has 114 valence electrons. The molecule has 2 atom stereocenters. The van der Waals surface area contributed by atoms with Gasteiger partial charge < -0.3 is 14.7 Å². The summed E-state index contributed by atoms with van der Waals surface area (Å²) in [5.74, 6) is -0.498. The largest absolute Gasteiger partial charge is 0.481 e. The Hall–Kier alpha value is -1.10. The van der Waals surface area contributed by atoms with Gasteiger partial charge in [0.25, 0.3) is 0 Å². The lowest BCUT2D eigenvalue weighted by molar-refractivity contribution is -0.149. The van der Waals surface area contributed by atoms with Gasteiger partial charge in [-0.2, -0.15) is 0 Å². The van der Waals surface area contributed by atoms with Crippen LogP contribution in [0.25, 0.3) is 0 Å². The Bertz CT molecular complexity index is 382. The van der Waals surface area contributed by atoms with E-state index in [2.05, 4.69) is 0 Å². The average molecular weight is 283 g/mol. The van der Waals surface area contributed by atoms with Gasteiger partial charge in [0.15, 0.2) is 0 Å². The van der Waals surface area contributed by atoms with Crippen molar-refractivity contribution in [2.45, 2.75) is 52.1 Å². The zero-order valence-electron chi connectivity index (χ0n) is 12.4. The molecule has 2 rings (SSSR count). The fourth-order valence-corrected chi connectivity index (χ4v) is 3.53. The van der Waals surface area contributed by atoms with Crippen LogP contribution in [0.15, 0.2) is 0 Å². The van der Waals surface area contributed by atoms with Gasteiger partial charge in [-0.3, -0.25) is 9.59 Å². The molecule has 20 heavy (non-hydrogen) atoms. The molecule has 1 aliphatic carbocycles. The van der Waals surface area contributed by atoms with Crippen LogP contribution in [0.5, 0.6) is 0 Å². The van der Waals surface area contributed by atoms with Crippen molar-refractivity contribution in [3.63, 3.8) is 0 Å². The minimum Gasteiger partial charge on any atom is -0.481 e. The van der Waals surface area contributed by atoms with Crippen molar-refractivity contribution < 1.29 is 19.4 Å². The SMILES string of the molecule is CC(C)OCCCC(=O)N1C[C@@H]2CCC[C@@]2(C(=O)O)C1. The van der Waals surface area contributed by atoms with E-state index in [-0.39, 0.29) is 17.9 Å². The first-order chi connectivity index (χ1) is 9.45. The number of fused-ring (bicyclic) bond motifs is 1. The van der Waals surface area contributed by atoms with Crippen LogP contribution in [-0.4, -0.2) is 47.7 Å². The summed E-state index contributed by atoms with van der Waals surface area (Å²) in [5.41, 5.74) is -0.663. The summed E-state index contributed by atoms with van der Waals surface area (Å²) >= 11 is 0. The van der Waals surface area contributed by atoms with Crippen molar-refractivity contribution in [1.82, 2.24) is 4.90 Å². The second-order valence-electron chi connectivity index (χ2n) is 6.35. The van der Waals surface area contributed by atoms with Gasteiger partial charge in [-0.1, -0.05) is 6.42 Å². The summed E-state index contributed by atoms with van der Waals surface area (Å²) < 4.78 is 5.42. The van der Waals surface area contributed by atoms with Gasteiger partial charge in [0, 0.05) is 26.1 Å². The smallest absolute Gasteiger partial charge is 0.311 e. The number of carbonyl (C=O) groups excluding carboxylic acids is 1. The number of rotatable bonds is 6. The molecule has 1 heterocycles. The van der Waals surface area contributed by atoms with E-state index in [4.69, 9.17) is 4.74 Å². The van der Waals surface area contributed by atoms with Gasteiger partial charge in [0.05, 0.1) is 11.5 Å². The normalized spacial score (nSPS) is 28.9. The molecule has 0 bridgehead atoms. The zero-order valence-corrected chi connectivity index (χ0v) is 12.4. The Morgan fingerprint density at radius 1 is 1.45 bits per heavy atom. The van der Waals surface area contributed by atoms with Crippen LogP contribution in [0, 0.1) is 11.3 Å². The van der Waals surface area contributed by atoms with E-state index in [0.717, 1.165) is 12.8 Å². The molecule has 1 N–H and O–H groups in total. The van der Waals surface area contributed by atoms with E-state index in [1.165, 1.54) is 0 Å². The highest BCUT2D eigenvalue weighted by Gasteiger charge is 2.55. The lowest BCUT2D eigenvalue weighted by Crippen LogP contribution is -2.37. The van der Waals surface area contributed by atoms with Crippen LogP contribution in [0.3, 0.4) is 0 Å². The molecule has 1 aliphatic heterocycles. The lowest BCUT2D eigenvalue weighted by atomic mass is 9.81. The van der Waals surface area contributed by atoms with Gasteiger partial charge in [-0.05, 0) is 39.0 Å². The van der Waals surface area contributed by atoms with Crippen molar-refractivity contribution >= 4 is 11.9 Å². The first-order valence-corrected chi connectivity index (χ1v) is 7.58. The molecular weight excluding hydrogens is 258 g/mol. The molecule has 0 spiro atoms. The van der Waals surface area contributed by atoms with Crippen LogP contribution in [0.4, 0.5) is 0 Å². The molecule has 0 unspecified atom stereocenters. The van der Waals surface area contributed by atoms with Crippen LogP contribution in [0.1, 0.15) is 46.0 Å². The molecule has 2 fully saturated rings. The molecular formula is C15H25NO4. The molecule has 2 aliphatic rings. The Morgan fingerprint density at radius 2 is 2.20 bits per heavy atom. The van der Waals surface area contributed by atoms with Crippen LogP contribution < -0.4 is 0 Å². The molecule has 5 heteroatoms. The highest BCUT2D eigenvalue weighted by Crippen LogP contribution is 2.48. The lowest BCUT2D eigenvalue weighted by Gasteiger charge is -2.23. The summed E-state index contributed by atoms with van der Waals surface area (Å²) in [6, 6.07) is 0. The third kappa shape index (κ3) is 2.97. The second kappa shape index (κ2) is 6.12. The summed E-state index contributed by atoms with van der Waals surface area (Å²) in [6.07, 6.45) is 3.97. The first-order valence-electron chi connectivity index (χ1n) is 7.58. The Kier molecular flexibility index (Phi) is 4.68. The summed E-state index contributed by atoms with van der Waals surface area (Å²) in [4.78, 5) is 25.5. The van der Waals surface area contributed by atoms with E-state index in [1.54, 1.807) is 4.90 Å². The zero-order chi connectivity index (χ0) is 14.8. The molecule has 1 amide bonds. The minimum atomic E-state index is -0.724. The van der Waals surface area contributed by atoms with Gasteiger partial charge in [-0.15, -0.1) is 0 Å². The number of ether oxygens (including phenoxy) is 1. The summed E-state index contributed by atoms with van der Waals surface area (Å²) in [6.45, 7) is 5.55. The van der Waals surface area contributed by atoms with Crippen LogP contribution >= 0.6 is 0 Å². The van der Waals surface area contributed by atoms with E-state index >= 15 is 0 Å². The van der Waals surface area contributed by atoms with Gasteiger partial charge in [0.1, 0.15) is 0 Å². The number of carbonyl (C=O) groups is 2. The Labute approximate surface area is 120 Å². The number of amides is 1. The standard InChI is InChI=1S/C15H25NO4/c1-11(2)20-8-4-6-13(17)16-9-12-5-3-7-15(12,10-16)14(18)19/h11-12H,3-10H2,1-2H3,(H,18,19)/t12-,15+/m0/s1. The maximum Gasteiger partial charge on any atom is 0.311 e. The van der Waals surface area contributed by atoms with Crippen LogP contribution in [-0.2, 0) is 14.3 Å². The number of carboxylic acid groups (broad SMARTS) is 1. The van der Waals surface area contributed by atoms with Gasteiger partial charge in [0.2, 0.25) is 5.91 Å². The van der Waals surface area contributed by atoms with E-state index in [0.29, 0.717) is 39.0 Å². The molecule has 0 aromatic heterocycles. The number of hydrogen-bond donors (Lipinski definition) is 1. The maximum absolute atomic E-state index is 12.2. The predicted octanol–water partition coefficient (Wildman–Crippen LogP) is 1.90. The monoisotopic (exact) mass is 283 g/mol. The van der Waals surface area contributed by atoms with E-state index in [1.807, 2.05) is 13.8 Å². The van der Waals surface area contributed by atoms with Crippen molar-refractivity contribution in [1.29, 1.82) is 0 Å². The number of nitrogens with zero attached hydrogens (tertiary/aromatic N) is 1. The predicted molar refractivity (Wildman–Crippen MR) is 74.3 cm³/mol. The van der Waals surface area contributed by atoms with Gasteiger partial charge >= 0.3 is 5.97 Å². The topological polar surface area (TPSA) is 66.8 Å². The third-order valence-corrected chi connectivity index (χ3v) is 4.64. The molecule has 0 radical (unpaired) electrons. The van der Waals surface area contributed by atoms with Gasteiger partial charge in [-0.25, -0.2) is 0 Å². The van der Waals surface area contributed by atoms with Crippen molar-refractivity contribution in [2.75, 3.05) is 19.7 Å². The Balaban J connectivity index is 1.83. The van der Waals surface area contributed by atoms with Crippen molar-refractivity contribution in [3.8, 4) is 0 Å². The highest BCUT2D eigenvalue weighted by atomic mass is 16.5. The maximum atomic E-state index is 12.2. The van der Waals surface area contributed by atoms with E-state index in [9.17, 15) is 14.7 Å². The average Bonchev–Trinajstić information content (AvgIpc) is 2.91. The molecule has 1 saturated carbocycles. The summed E-state index contributed by atoms with van der Waals surface area (Å²) in [5, 5.41) is 9.49. The first kappa shape index (κ1) is 15.3. The number of likely N-dealkylation sites (tertiary alicyclic amines) is 1. The fraction of sp³-hybridized carbons (Fsp3) is 0.867. The quantitative estimate of drug-likeness (QED) is 0.756. The number of aliphatic carboxylic acids is 1. The molecule has 0 aromatic rings. The van der Waals surface area contributed by atoms with Crippen molar-refractivity contribution in [3.05, 3.63) is 0 Å². The highest BCUT2D eigenvalue weighted by molar-refractivity contribution is 5.81. The fourth-order valence-electron chi connectivity index (χ4n) is 3.53. The van der Waals surface area contributed by atoms with Crippen molar-refractivity contribution in [2.24, 2.45) is 11.3 Å². The Morgan fingerprint density at radius 3 is 2.80 bits per heavy atom. The third-order valence-electron chi connectivity index (χ3n) is 4.64. The number of hydrogen-bond acceptors (Lipinski definition) is 3. The van der Waals surface area contributed by atoms with Crippen LogP contribution in [0.2, 0.25) is 0 Å². The number of carboxylic acids is 1.